The fraction of sp³-hybridized carbons (Fsp3) is 0.176. The van der Waals surface area contributed by atoms with Gasteiger partial charge in [0.15, 0.2) is 0 Å². The SMILES string of the molecule is C=CCC(Oc1ccccc1)c1ccccc1CCl. The van der Waals surface area contributed by atoms with Gasteiger partial charge in [-0.1, -0.05) is 48.5 Å². The fourth-order valence-corrected chi connectivity index (χ4v) is 2.27. The van der Waals surface area contributed by atoms with Crippen LogP contribution in [0.3, 0.4) is 0 Å². The van der Waals surface area contributed by atoms with Crippen LogP contribution in [-0.4, -0.2) is 0 Å². The van der Waals surface area contributed by atoms with Gasteiger partial charge < -0.3 is 4.74 Å². The summed E-state index contributed by atoms with van der Waals surface area (Å²) in [5.41, 5.74) is 2.23. The van der Waals surface area contributed by atoms with Crippen LogP contribution in [0.15, 0.2) is 67.3 Å². The number of hydrogen-bond acceptors (Lipinski definition) is 1. The normalized spacial score (nSPS) is 11.8. The average Bonchev–Trinajstić information content (AvgIpc) is 2.48. The fourth-order valence-electron chi connectivity index (χ4n) is 2.02. The summed E-state index contributed by atoms with van der Waals surface area (Å²) in [5.74, 6) is 1.35. The van der Waals surface area contributed by atoms with Crippen LogP contribution in [0.1, 0.15) is 23.7 Å². The van der Waals surface area contributed by atoms with Gasteiger partial charge in [0.25, 0.3) is 0 Å². The lowest BCUT2D eigenvalue weighted by Crippen LogP contribution is -2.09. The van der Waals surface area contributed by atoms with Crippen molar-refractivity contribution in [2.24, 2.45) is 0 Å². The van der Waals surface area contributed by atoms with E-state index < -0.39 is 0 Å². The second kappa shape index (κ2) is 7.01. The highest BCUT2D eigenvalue weighted by Crippen LogP contribution is 2.28. The maximum atomic E-state index is 6.05. The van der Waals surface area contributed by atoms with E-state index in [1.54, 1.807) is 0 Å². The van der Waals surface area contributed by atoms with Crippen LogP contribution < -0.4 is 4.74 Å². The number of ether oxygens (including phenoxy) is 1. The summed E-state index contributed by atoms with van der Waals surface area (Å²) in [7, 11) is 0. The Labute approximate surface area is 119 Å². The Morgan fingerprint density at radius 1 is 1.05 bits per heavy atom. The molecule has 0 aliphatic heterocycles. The minimum atomic E-state index is -0.0464. The first kappa shape index (κ1) is 13.7. The molecule has 0 aromatic heterocycles. The summed E-state index contributed by atoms with van der Waals surface area (Å²) < 4.78 is 6.05. The second-order valence-corrected chi connectivity index (χ2v) is 4.54. The first-order valence-electron chi connectivity index (χ1n) is 6.31. The largest absolute Gasteiger partial charge is 0.485 e. The van der Waals surface area contributed by atoms with Gasteiger partial charge in [0.1, 0.15) is 11.9 Å². The molecule has 0 radical (unpaired) electrons. The number of para-hydroxylation sites is 1. The molecule has 2 rings (SSSR count). The first-order valence-corrected chi connectivity index (χ1v) is 6.85. The molecule has 1 atom stereocenters. The van der Waals surface area contributed by atoms with Crippen LogP contribution in [0, 0.1) is 0 Å². The zero-order valence-corrected chi connectivity index (χ0v) is 11.5. The van der Waals surface area contributed by atoms with Crippen LogP contribution in [0.4, 0.5) is 0 Å². The summed E-state index contributed by atoms with van der Waals surface area (Å²) in [6.07, 6.45) is 2.58. The molecular formula is C17H17ClO. The molecule has 0 fully saturated rings. The van der Waals surface area contributed by atoms with E-state index in [-0.39, 0.29) is 6.10 Å². The Balaban J connectivity index is 2.27. The molecule has 0 amide bonds. The molecule has 0 saturated heterocycles. The van der Waals surface area contributed by atoms with Crippen LogP contribution in [0.25, 0.3) is 0 Å². The molecule has 0 aliphatic carbocycles. The van der Waals surface area contributed by atoms with Crippen molar-refractivity contribution in [2.45, 2.75) is 18.4 Å². The summed E-state index contributed by atoms with van der Waals surface area (Å²) in [5, 5.41) is 0. The zero-order chi connectivity index (χ0) is 13.5. The molecule has 2 aromatic rings. The smallest absolute Gasteiger partial charge is 0.127 e. The summed E-state index contributed by atoms with van der Waals surface area (Å²) in [6.45, 7) is 3.81. The molecule has 0 aliphatic rings. The predicted octanol–water partition coefficient (Wildman–Crippen LogP) is 5.12. The number of benzene rings is 2. The van der Waals surface area contributed by atoms with Gasteiger partial charge >= 0.3 is 0 Å². The van der Waals surface area contributed by atoms with E-state index in [2.05, 4.69) is 12.6 Å². The van der Waals surface area contributed by atoms with Gasteiger partial charge in [-0.2, -0.15) is 0 Å². The van der Waals surface area contributed by atoms with Gasteiger partial charge in [-0.25, -0.2) is 0 Å². The van der Waals surface area contributed by atoms with E-state index in [1.807, 2.05) is 54.6 Å². The summed E-state index contributed by atoms with van der Waals surface area (Å²) in [6, 6.07) is 17.9. The number of alkyl halides is 1. The molecule has 2 heteroatoms. The lowest BCUT2D eigenvalue weighted by atomic mass is 10.0. The third-order valence-corrected chi connectivity index (χ3v) is 3.24. The van der Waals surface area contributed by atoms with E-state index >= 15 is 0 Å². The quantitative estimate of drug-likeness (QED) is 0.524. The number of hydrogen-bond donors (Lipinski definition) is 0. The molecule has 98 valence electrons. The molecular weight excluding hydrogens is 256 g/mol. The van der Waals surface area contributed by atoms with Crippen LogP contribution >= 0.6 is 11.6 Å². The van der Waals surface area contributed by atoms with Crippen molar-refractivity contribution in [1.29, 1.82) is 0 Å². The maximum absolute atomic E-state index is 6.05. The Hall–Kier alpha value is -1.73. The molecule has 1 unspecified atom stereocenters. The van der Waals surface area contributed by atoms with Crippen molar-refractivity contribution >= 4 is 11.6 Å². The minimum Gasteiger partial charge on any atom is -0.485 e. The highest BCUT2D eigenvalue weighted by atomic mass is 35.5. The Kier molecular flexibility index (Phi) is 5.05. The average molecular weight is 273 g/mol. The van der Waals surface area contributed by atoms with Gasteiger partial charge in [0.05, 0.1) is 0 Å². The van der Waals surface area contributed by atoms with Crippen LogP contribution in [0.5, 0.6) is 5.75 Å². The van der Waals surface area contributed by atoms with E-state index in [1.165, 1.54) is 0 Å². The van der Waals surface area contributed by atoms with E-state index in [0.29, 0.717) is 5.88 Å². The molecule has 0 heterocycles. The Morgan fingerprint density at radius 2 is 1.74 bits per heavy atom. The van der Waals surface area contributed by atoms with E-state index in [0.717, 1.165) is 23.3 Å². The number of rotatable bonds is 6. The predicted molar refractivity (Wildman–Crippen MR) is 80.6 cm³/mol. The Morgan fingerprint density at radius 3 is 2.42 bits per heavy atom. The van der Waals surface area contributed by atoms with Crippen molar-refractivity contribution in [1.82, 2.24) is 0 Å². The van der Waals surface area contributed by atoms with Crippen molar-refractivity contribution in [3.05, 3.63) is 78.4 Å². The van der Waals surface area contributed by atoms with E-state index in [9.17, 15) is 0 Å². The topological polar surface area (TPSA) is 9.23 Å². The van der Waals surface area contributed by atoms with Crippen molar-refractivity contribution < 1.29 is 4.74 Å². The van der Waals surface area contributed by atoms with Crippen molar-refractivity contribution in [3.8, 4) is 5.75 Å². The van der Waals surface area contributed by atoms with Crippen molar-refractivity contribution in [3.63, 3.8) is 0 Å². The van der Waals surface area contributed by atoms with Gasteiger partial charge in [0.2, 0.25) is 0 Å². The number of halogens is 1. The maximum Gasteiger partial charge on any atom is 0.127 e. The third kappa shape index (κ3) is 3.62. The molecule has 19 heavy (non-hydrogen) atoms. The Bertz CT molecular complexity index is 522. The molecule has 2 aromatic carbocycles. The van der Waals surface area contributed by atoms with Gasteiger partial charge in [0, 0.05) is 12.3 Å². The monoisotopic (exact) mass is 272 g/mol. The molecule has 0 bridgehead atoms. The van der Waals surface area contributed by atoms with Crippen molar-refractivity contribution in [2.75, 3.05) is 0 Å². The summed E-state index contributed by atoms with van der Waals surface area (Å²) in [4.78, 5) is 0. The molecule has 0 saturated carbocycles. The molecule has 1 nitrogen and oxygen atoms in total. The van der Waals surface area contributed by atoms with Crippen LogP contribution in [0.2, 0.25) is 0 Å². The van der Waals surface area contributed by atoms with Gasteiger partial charge in [-0.15, -0.1) is 18.2 Å². The highest BCUT2D eigenvalue weighted by Gasteiger charge is 2.15. The third-order valence-electron chi connectivity index (χ3n) is 2.95. The lowest BCUT2D eigenvalue weighted by molar-refractivity contribution is 0.208. The summed E-state index contributed by atoms with van der Waals surface area (Å²) >= 11 is 6.00. The van der Waals surface area contributed by atoms with Gasteiger partial charge in [-0.05, 0) is 23.3 Å². The van der Waals surface area contributed by atoms with Gasteiger partial charge in [-0.3, -0.25) is 0 Å². The lowest BCUT2D eigenvalue weighted by Gasteiger charge is -2.20. The minimum absolute atomic E-state index is 0.0464. The zero-order valence-electron chi connectivity index (χ0n) is 10.8. The first-order chi connectivity index (χ1) is 9.35. The highest BCUT2D eigenvalue weighted by molar-refractivity contribution is 6.17. The van der Waals surface area contributed by atoms with Crippen LogP contribution in [-0.2, 0) is 5.88 Å². The molecule has 0 N–H and O–H groups in total. The van der Waals surface area contributed by atoms with E-state index in [4.69, 9.17) is 16.3 Å². The molecule has 0 spiro atoms. The standard InChI is InChI=1S/C17H17ClO/c1-2-8-17(19-15-10-4-3-5-11-15)16-12-7-6-9-14(16)13-18/h2-7,9-12,17H,1,8,13H2. The second-order valence-electron chi connectivity index (χ2n) is 4.28.